The van der Waals surface area contributed by atoms with Crippen molar-refractivity contribution in [2.75, 3.05) is 30.3 Å². The van der Waals surface area contributed by atoms with Gasteiger partial charge in [-0.3, -0.25) is 0 Å². The summed E-state index contributed by atoms with van der Waals surface area (Å²) in [5.74, 6) is 0.779. The van der Waals surface area contributed by atoms with Crippen molar-refractivity contribution in [1.82, 2.24) is 4.90 Å². The molecule has 4 heteroatoms. The third kappa shape index (κ3) is 4.25. The third-order valence-corrected chi connectivity index (χ3v) is 5.54. The Labute approximate surface area is 155 Å². The minimum Gasteiger partial charge on any atom is -0.308 e. The molecular weight excluding hydrogens is 322 g/mol. The zero-order valence-corrected chi connectivity index (χ0v) is 15.2. The maximum absolute atomic E-state index is 12.2. The highest BCUT2D eigenvalue weighted by molar-refractivity contribution is 5.99. The quantitative estimate of drug-likeness (QED) is 0.852. The van der Waals surface area contributed by atoms with E-state index >= 15 is 0 Å². The first-order chi connectivity index (χ1) is 12.8. The van der Waals surface area contributed by atoms with Crippen LogP contribution in [0.2, 0.25) is 0 Å². The topological polar surface area (TPSA) is 44.4 Å². The molecule has 2 aliphatic rings. The number of amides is 2. The van der Waals surface area contributed by atoms with Crippen molar-refractivity contribution in [2.45, 2.75) is 32.1 Å². The predicted octanol–water partition coefficient (Wildman–Crippen LogP) is 4.53. The third-order valence-electron chi connectivity index (χ3n) is 5.54. The molecule has 4 nitrogen and oxygen atoms in total. The molecule has 0 radical (unpaired) electrons. The average molecular weight is 349 g/mol. The number of anilines is 2. The van der Waals surface area contributed by atoms with E-state index in [2.05, 4.69) is 27.7 Å². The van der Waals surface area contributed by atoms with E-state index in [1.165, 1.54) is 56.4 Å². The molecule has 1 aliphatic heterocycles. The second-order valence-corrected chi connectivity index (χ2v) is 7.55. The molecule has 0 aromatic heterocycles. The molecule has 2 aromatic rings. The molecular formula is C22H27N3O. The number of nitrogens with zero attached hydrogens (tertiary/aromatic N) is 1. The number of para-hydroxylation sites is 1. The molecule has 1 fully saturated rings. The van der Waals surface area contributed by atoms with Gasteiger partial charge in [0, 0.05) is 17.9 Å². The summed E-state index contributed by atoms with van der Waals surface area (Å²) in [6.07, 6.45) is 6.27. The molecule has 1 atom stereocenters. The lowest BCUT2D eigenvalue weighted by molar-refractivity contribution is 0.261. The highest BCUT2D eigenvalue weighted by Gasteiger charge is 2.22. The van der Waals surface area contributed by atoms with Crippen LogP contribution in [-0.2, 0) is 12.8 Å². The molecule has 2 amide bonds. The van der Waals surface area contributed by atoms with E-state index in [-0.39, 0.29) is 6.03 Å². The summed E-state index contributed by atoms with van der Waals surface area (Å²) in [6, 6.07) is 15.7. The number of likely N-dealkylation sites (tertiary alicyclic amines) is 1. The number of hydrogen-bond acceptors (Lipinski definition) is 2. The van der Waals surface area contributed by atoms with Crippen LogP contribution in [0.1, 0.15) is 30.4 Å². The first-order valence-electron chi connectivity index (χ1n) is 9.73. The van der Waals surface area contributed by atoms with Gasteiger partial charge < -0.3 is 15.5 Å². The summed E-state index contributed by atoms with van der Waals surface area (Å²) in [5.41, 5.74) is 4.51. The Bertz CT molecular complexity index is 753. The second-order valence-electron chi connectivity index (χ2n) is 7.55. The van der Waals surface area contributed by atoms with Crippen molar-refractivity contribution in [1.29, 1.82) is 0 Å². The van der Waals surface area contributed by atoms with Crippen LogP contribution in [0.4, 0.5) is 16.2 Å². The fraction of sp³-hybridized carbons (Fsp3) is 0.409. The summed E-state index contributed by atoms with van der Waals surface area (Å²) in [4.78, 5) is 14.8. The van der Waals surface area contributed by atoms with Gasteiger partial charge in [-0.25, -0.2) is 4.79 Å². The first kappa shape index (κ1) is 17.1. The predicted molar refractivity (Wildman–Crippen MR) is 107 cm³/mol. The van der Waals surface area contributed by atoms with Crippen molar-refractivity contribution in [2.24, 2.45) is 5.92 Å². The van der Waals surface area contributed by atoms with Crippen molar-refractivity contribution in [3.63, 3.8) is 0 Å². The van der Waals surface area contributed by atoms with Gasteiger partial charge >= 0.3 is 6.03 Å². The van der Waals surface area contributed by atoms with Gasteiger partial charge in [0.1, 0.15) is 0 Å². The fourth-order valence-corrected chi connectivity index (χ4v) is 4.21. The SMILES string of the molecule is O=C(Nc1ccccc1)Nc1ccc2c(c1)CCC(CN1CCCC1)C2. The molecule has 2 aromatic carbocycles. The Hall–Kier alpha value is -2.33. The largest absolute Gasteiger partial charge is 0.323 e. The lowest BCUT2D eigenvalue weighted by Gasteiger charge is -2.28. The second kappa shape index (κ2) is 7.92. The Morgan fingerprint density at radius 1 is 0.962 bits per heavy atom. The van der Waals surface area contributed by atoms with Gasteiger partial charge in [0.2, 0.25) is 0 Å². The standard InChI is InChI=1S/C22H27N3O/c26-22(23-20-6-2-1-3-7-20)24-21-11-10-18-14-17(8-9-19(18)15-21)16-25-12-4-5-13-25/h1-3,6-7,10-11,15,17H,4-5,8-9,12-14,16H2,(H2,23,24,26). The van der Waals surface area contributed by atoms with Crippen LogP contribution in [0.5, 0.6) is 0 Å². The smallest absolute Gasteiger partial charge is 0.308 e. The average Bonchev–Trinajstić information content (AvgIpc) is 3.15. The van der Waals surface area contributed by atoms with E-state index in [1.54, 1.807) is 0 Å². The number of fused-ring (bicyclic) bond motifs is 1. The Balaban J connectivity index is 1.35. The van der Waals surface area contributed by atoms with Crippen LogP contribution in [-0.4, -0.2) is 30.6 Å². The molecule has 136 valence electrons. The highest BCUT2D eigenvalue weighted by Crippen LogP contribution is 2.29. The van der Waals surface area contributed by atoms with Gasteiger partial charge in [-0.05, 0) is 86.5 Å². The maximum Gasteiger partial charge on any atom is 0.323 e. The van der Waals surface area contributed by atoms with Crippen molar-refractivity contribution in [3.05, 3.63) is 59.7 Å². The summed E-state index contributed by atoms with van der Waals surface area (Å²) in [6.45, 7) is 3.81. The highest BCUT2D eigenvalue weighted by atomic mass is 16.2. The van der Waals surface area contributed by atoms with Crippen molar-refractivity contribution >= 4 is 17.4 Å². The fourth-order valence-electron chi connectivity index (χ4n) is 4.21. The van der Waals surface area contributed by atoms with E-state index < -0.39 is 0 Å². The summed E-state index contributed by atoms with van der Waals surface area (Å²) in [7, 11) is 0. The Morgan fingerprint density at radius 2 is 1.73 bits per heavy atom. The number of benzene rings is 2. The zero-order valence-electron chi connectivity index (χ0n) is 15.2. The number of carbonyl (C=O) groups is 1. The normalized spacial score (nSPS) is 19.8. The van der Waals surface area contributed by atoms with Crippen LogP contribution in [0.25, 0.3) is 0 Å². The molecule has 1 unspecified atom stereocenters. The number of urea groups is 1. The summed E-state index contributed by atoms with van der Waals surface area (Å²) >= 11 is 0. The Kier molecular flexibility index (Phi) is 5.21. The number of carbonyl (C=O) groups excluding carboxylic acids is 1. The maximum atomic E-state index is 12.2. The van der Waals surface area contributed by atoms with Crippen LogP contribution in [0.3, 0.4) is 0 Å². The van der Waals surface area contributed by atoms with Gasteiger partial charge in [-0.2, -0.15) is 0 Å². The number of aryl methyl sites for hydroxylation is 1. The van der Waals surface area contributed by atoms with E-state index in [4.69, 9.17) is 0 Å². The van der Waals surface area contributed by atoms with Gasteiger partial charge in [0.25, 0.3) is 0 Å². The molecule has 4 rings (SSSR count). The van der Waals surface area contributed by atoms with E-state index in [0.29, 0.717) is 0 Å². The van der Waals surface area contributed by atoms with Gasteiger partial charge in [0.05, 0.1) is 0 Å². The molecule has 1 saturated heterocycles. The van der Waals surface area contributed by atoms with Gasteiger partial charge in [-0.15, -0.1) is 0 Å². The van der Waals surface area contributed by atoms with Crippen LogP contribution >= 0.6 is 0 Å². The van der Waals surface area contributed by atoms with Crippen LogP contribution < -0.4 is 10.6 Å². The molecule has 26 heavy (non-hydrogen) atoms. The number of rotatable bonds is 4. The van der Waals surface area contributed by atoms with Crippen LogP contribution in [0.15, 0.2) is 48.5 Å². The summed E-state index contributed by atoms with van der Waals surface area (Å²) < 4.78 is 0. The van der Waals surface area contributed by atoms with Gasteiger partial charge in [-0.1, -0.05) is 24.3 Å². The molecule has 0 spiro atoms. The molecule has 1 aliphatic carbocycles. The molecule has 1 heterocycles. The van der Waals surface area contributed by atoms with E-state index in [1.807, 2.05) is 36.4 Å². The van der Waals surface area contributed by atoms with E-state index in [0.717, 1.165) is 23.7 Å². The first-order valence-corrected chi connectivity index (χ1v) is 9.73. The molecule has 2 N–H and O–H groups in total. The minimum atomic E-state index is -0.195. The Morgan fingerprint density at radius 3 is 2.54 bits per heavy atom. The molecule has 0 bridgehead atoms. The van der Waals surface area contributed by atoms with Crippen LogP contribution in [0, 0.1) is 5.92 Å². The lowest BCUT2D eigenvalue weighted by atomic mass is 9.83. The monoisotopic (exact) mass is 349 g/mol. The van der Waals surface area contributed by atoms with Crippen molar-refractivity contribution < 1.29 is 4.79 Å². The van der Waals surface area contributed by atoms with E-state index in [9.17, 15) is 4.79 Å². The number of hydrogen-bond donors (Lipinski definition) is 2. The summed E-state index contributed by atoms with van der Waals surface area (Å²) in [5, 5.41) is 5.81. The number of nitrogens with one attached hydrogen (secondary N) is 2. The molecule has 0 saturated carbocycles. The lowest BCUT2D eigenvalue weighted by Crippen LogP contribution is -2.30. The van der Waals surface area contributed by atoms with Crippen molar-refractivity contribution in [3.8, 4) is 0 Å². The minimum absolute atomic E-state index is 0.195. The van der Waals surface area contributed by atoms with Gasteiger partial charge in [0.15, 0.2) is 0 Å². The zero-order chi connectivity index (χ0) is 17.8.